The van der Waals surface area contributed by atoms with Crippen molar-refractivity contribution in [3.05, 3.63) is 41.6 Å². The van der Waals surface area contributed by atoms with Crippen LogP contribution in [0.2, 0.25) is 0 Å². The molecule has 0 fully saturated rings. The molecule has 2 aromatic rings. The molecule has 20 heavy (non-hydrogen) atoms. The molecule has 0 saturated heterocycles. The van der Waals surface area contributed by atoms with Crippen LogP contribution < -0.4 is 16.6 Å². The predicted octanol–water partition coefficient (Wildman–Crippen LogP) is 2.83. The van der Waals surface area contributed by atoms with Gasteiger partial charge in [0.05, 0.1) is 11.3 Å². The fourth-order valence-electron chi connectivity index (χ4n) is 1.67. The van der Waals surface area contributed by atoms with Crippen LogP contribution in [0.25, 0.3) is 0 Å². The van der Waals surface area contributed by atoms with E-state index in [2.05, 4.69) is 20.7 Å². The van der Waals surface area contributed by atoms with Crippen molar-refractivity contribution in [2.24, 2.45) is 5.84 Å². The van der Waals surface area contributed by atoms with Gasteiger partial charge in [0.2, 0.25) is 5.95 Å². The fraction of sp³-hybridized carbons (Fsp3) is 0.167. The molecule has 0 spiro atoms. The maximum absolute atomic E-state index is 12.9. The lowest BCUT2D eigenvalue weighted by Gasteiger charge is -2.14. The number of nitrogens with zero attached hydrogens (tertiary/aromatic N) is 2. The Hall–Kier alpha value is -2.35. The summed E-state index contributed by atoms with van der Waals surface area (Å²) in [5.41, 5.74) is 1.98. The van der Waals surface area contributed by atoms with Crippen molar-refractivity contribution >= 4 is 17.5 Å². The first-order valence-corrected chi connectivity index (χ1v) is 5.65. The molecule has 0 atom stereocenters. The zero-order valence-electron chi connectivity index (χ0n) is 10.5. The van der Waals surface area contributed by atoms with E-state index in [1.54, 1.807) is 6.92 Å². The normalized spacial score (nSPS) is 11.2. The highest BCUT2D eigenvalue weighted by Gasteiger charge is 2.33. The number of para-hydroxylation sites is 1. The molecule has 8 heteroatoms. The molecule has 0 bridgehead atoms. The van der Waals surface area contributed by atoms with Crippen LogP contribution in [0.15, 0.2) is 30.3 Å². The smallest absolute Gasteiger partial charge is 0.340 e. The van der Waals surface area contributed by atoms with E-state index >= 15 is 0 Å². The van der Waals surface area contributed by atoms with E-state index in [9.17, 15) is 13.2 Å². The van der Waals surface area contributed by atoms with Gasteiger partial charge in [0.25, 0.3) is 0 Å². The second-order valence-electron chi connectivity index (χ2n) is 4.03. The molecule has 1 aromatic carbocycles. The van der Waals surface area contributed by atoms with E-state index in [-0.39, 0.29) is 17.5 Å². The molecule has 106 valence electrons. The molecule has 2 rings (SSSR count). The van der Waals surface area contributed by atoms with E-state index in [0.29, 0.717) is 5.69 Å². The lowest BCUT2D eigenvalue weighted by atomic mass is 10.1. The predicted molar refractivity (Wildman–Crippen MR) is 69.3 cm³/mol. The van der Waals surface area contributed by atoms with Gasteiger partial charge in [-0.25, -0.2) is 10.8 Å². The molecule has 0 aliphatic rings. The van der Waals surface area contributed by atoms with E-state index in [1.807, 2.05) is 0 Å². The van der Waals surface area contributed by atoms with Crippen LogP contribution in [0.5, 0.6) is 0 Å². The van der Waals surface area contributed by atoms with Crippen molar-refractivity contribution in [3.63, 3.8) is 0 Å². The van der Waals surface area contributed by atoms with Crippen LogP contribution in [0.4, 0.5) is 30.6 Å². The first kappa shape index (κ1) is 14.1. The first-order valence-electron chi connectivity index (χ1n) is 5.65. The van der Waals surface area contributed by atoms with Gasteiger partial charge in [0.1, 0.15) is 5.82 Å². The number of nitrogens with one attached hydrogen (secondary N) is 2. The van der Waals surface area contributed by atoms with Crippen molar-refractivity contribution in [2.75, 3.05) is 10.7 Å². The van der Waals surface area contributed by atoms with Gasteiger partial charge in [-0.1, -0.05) is 12.1 Å². The topological polar surface area (TPSA) is 75.9 Å². The summed E-state index contributed by atoms with van der Waals surface area (Å²) < 4.78 is 38.6. The van der Waals surface area contributed by atoms with Crippen molar-refractivity contribution in [2.45, 2.75) is 13.1 Å². The van der Waals surface area contributed by atoms with E-state index < -0.39 is 11.7 Å². The van der Waals surface area contributed by atoms with Crippen LogP contribution in [-0.4, -0.2) is 9.97 Å². The number of hydrazine groups is 1. The Balaban J connectivity index is 2.38. The monoisotopic (exact) mass is 283 g/mol. The molecule has 5 nitrogen and oxygen atoms in total. The molecular formula is C12H12F3N5. The summed E-state index contributed by atoms with van der Waals surface area (Å²) in [4.78, 5) is 7.90. The molecule has 4 N–H and O–H groups in total. The number of aromatic nitrogens is 2. The minimum Gasteiger partial charge on any atom is -0.340 e. The van der Waals surface area contributed by atoms with Crippen LogP contribution in [0, 0.1) is 6.92 Å². The fourth-order valence-corrected chi connectivity index (χ4v) is 1.67. The van der Waals surface area contributed by atoms with Gasteiger partial charge < -0.3 is 5.32 Å². The van der Waals surface area contributed by atoms with Crippen LogP contribution in [-0.2, 0) is 6.18 Å². The number of nitrogens with two attached hydrogens (primary N) is 1. The Labute approximate surface area is 113 Å². The number of aryl methyl sites for hydroxylation is 1. The summed E-state index contributed by atoms with van der Waals surface area (Å²) in [6.45, 7) is 1.68. The summed E-state index contributed by atoms with van der Waals surface area (Å²) in [7, 11) is 0. The second kappa shape index (κ2) is 5.33. The van der Waals surface area contributed by atoms with Crippen LogP contribution >= 0.6 is 0 Å². The molecule has 0 saturated carbocycles. The minimum absolute atomic E-state index is 0.0823. The number of hydrogen-bond donors (Lipinski definition) is 3. The van der Waals surface area contributed by atoms with Crippen molar-refractivity contribution in [3.8, 4) is 0 Å². The highest BCUT2D eigenvalue weighted by Crippen LogP contribution is 2.35. The SMILES string of the molecule is Cc1cc(Nc2ccccc2C(F)(F)F)nc(NN)n1. The van der Waals surface area contributed by atoms with Gasteiger partial charge in [-0.2, -0.15) is 18.2 Å². The maximum Gasteiger partial charge on any atom is 0.418 e. The first-order chi connectivity index (χ1) is 9.40. The highest BCUT2D eigenvalue weighted by molar-refractivity contribution is 5.62. The third kappa shape index (κ3) is 3.15. The Morgan fingerprint density at radius 2 is 1.85 bits per heavy atom. The number of benzene rings is 1. The van der Waals surface area contributed by atoms with Gasteiger partial charge in [-0.05, 0) is 19.1 Å². The number of anilines is 3. The second-order valence-corrected chi connectivity index (χ2v) is 4.03. The molecule has 0 radical (unpaired) electrons. The van der Waals surface area contributed by atoms with Crippen LogP contribution in [0.1, 0.15) is 11.3 Å². The quantitative estimate of drug-likeness (QED) is 0.596. The van der Waals surface area contributed by atoms with Gasteiger partial charge in [0, 0.05) is 11.8 Å². The summed E-state index contributed by atoms with van der Waals surface area (Å²) in [5.74, 6) is 5.54. The van der Waals surface area contributed by atoms with E-state index in [0.717, 1.165) is 6.07 Å². The average Bonchev–Trinajstić information content (AvgIpc) is 2.37. The van der Waals surface area contributed by atoms with Crippen molar-refractivity contribution < 1.29 is 13.2 Å². The lowest BCUT2D eigenvalue weighted by Crippen LogP contribution is -2.13. The molecule has 0 amide bonds. The highest BCUT2D eigenvalue weighted by atomic mass is 19.4. The van der Waals surface area contributed by atoms with Crippen molar-refractivity contribution in [1.29, 1.82) is 0 Å². The van der Waals surface area contributed by atoms with Gasteiger partial charge in [-0.3, -0.25) is 5.43 Å². The lowest BCUT2D eigenvalue weighted by molar-refractivity contribution is -0.136. The maximum atomic E-state index is 12.9. The standard InChI is InChI=1S/C12H12F3N5/c1-7-6-10(19-11(17-7)20-16)18-9-5-3-2-4-8(9)12(13,14)15/h2-6H,16H2,1H3,(H2,17,18,19,20). The number of halogens is 3. The summed E-state index contributed by atoms with van der Waals surface area (Å²) >= 11 is 0. The molecule has 0 aliphatic carbocycles. The third-order valence-electron chi connectivity index (χ3n) is 2.48. The number of nitrogen functional groups attached to an aromatic ring is 1. The van der Waals surface area contributed by atoms with Crippen LogP contribution in [0.3, 0.4) is 0 Å². The van der Waals surface area contributed by atoms with Gasteiger partial charge >= 0.3 is 6.18 Å². The summed E-state index contributed by atoms with van der Waals surface area (Å²) in [6, 6.07) is 6.68. The Bertz CT molecular complexity index is 612. The molecular weight excluding hydrogens is 271 g/mol. The van der Waals surface area contributed by atoms with E-state index in [1.165, 1.54) is 24.3 Å². The zero-order chi connectivity index (χ0) is 14.8. The molecule has 1 aromatic heterocycles. The third-order valence-corrected chi connectivity index (χ3v) is 2.48. The minimum atomic E-state index is -4.44. The molecule has 0 unspecified atom stereocenters. The molecule has 1 heterocycles. The molecule has 0 aliphatic heterocycles. The number of hydrogen-bond acceptors (Lipinski definition) is 5. The Kier molecular flexibility index (Phi) is 3.75. The van der Waals surface area contributed by atoms with Gasteiger partial charge in [0.15, 0.2) is 0 Å². The zero-order valence-corrected chi connectivity index (χ0v) is 10.5. The van der Waals surface area contributed by atoms with Gasteiger partial charge in [-0.15, -0.1) is 0 Å². The van der Waals surface area contributed by atoms with Crippen molar-refractivity contribution in [1.82, 2.24) is 9.97 Å². The average molecular weight is 283 g/mol. The Morgan fingerprint density at radius 3 is 2.50 bits per heavy atom. The largest absolute Gasteiger partial charge is 0.418 e. The van der Waals surface area contributed by atoms with E-state index in [4.69, 9.17) is 5.84 Å². The number of rotatable bonds is 3. The summed E-state index contributed by atoms with van der Waals surface area (Å²) in [6.07, 6.45) is -4.44. The Morgan fingerprint density at radius 1 is 1.15 bits per heavy atom. The summed E-state index contributed by atoms with van der Waals surface area (Å²) in [5, 5.41) is 2.63. The number of alkyl halides is 3.